The molecule has 0 bridgehead atoms. The average molecular weight is 380 g/mol. The smallest absolute Gasteiger partial charge is 0.267 e. The first-order chi connectivity index (χ1) is 12.5. The highest BCUT2D eigenvalue weighted by atomic mass is 32.1. The highest BCUT2D eigenvalue weighted by Gasteiger charge is 2.29. The SMILES string of the molecule is CCCCCCC(O)c1sc(CCO)c(C)[n+]1Cc1cnc(C)nc1N. The van der Waals surface area contributed by atoms with Crippen LogP contribution in [0.5, 0.6) is 0 Å². The Labute approximate surface area is 159 Å². The fourth-order valence-corrected chi connectivity index (χ4v) is 4.31. The van der Waals surface area contributed by atoms with E-state index in [-0.39, 0.29) is 6.61 Å². The van der Waals surface area contributed by atoms with Crippen molar-refractivity contribution in [3.05, 3.63) is 33.2 Å². The maximum absolute atomic E-state index is 10.8. The molecule has 0 radical (unpaired) electrons. The lowest BCUT2D eigenvalue weighted by Gasteiger charge is -2.08. The van der Waals surface area contributed by atoms with Gasteiger partial charge in [0.15, 0.2) is 12.2 Å². The van der Waals surface area contributed by atoms with Crippen LogP contribution in [0, 0.1) is 13.8 Å². The summed E-state index contributed by atoms with van der Waals surface area (Å²) in [6.45, 7) is 6.65. The third kappa shape index (κ3) is 5.22. The van der Waals surface area contributed by atoms with Gasteiger partial charge in [-0.1, -0.05) is 43.9 Å². The van der Waals surface area contributed by atoms with Crippen molar-refractivity contribution in [1.29, 1.82) is 0 Å². The lowest BCUT2D eigenvalue weighted by atomic mass is 10.1. The van der Waals surface area contributed by atoms with Gasteiger partial charge in [0.05, 0.1) is 10.4 Å². The van der Waals surface area contributed by atoms with Crippen molar-refractivity contribution in [3.8, 4) is 0 Å². The van der Waals surface area contributed by atoms with Crippen LogP contribution in [0.4, 0.5) is 5.82 Å². The summed E-state index contributed by atoms with van der Waals surface area (Å²) in [5, 5.41) is 21.0. The molecule has 4 N–H and O–H groups in total. The van der Waals surface area contributed by atoms with E-state index < -0.39 is 6.10 Å². The van der Waals surface area contributed by atoms with Gasteiger partial charge in [-0.05, 0) is 13.3 Å². The summed E-state index contributed by atoms with van der Waals surface area (Å²) in [5.74, 6) is 1.12. The first-order valence-corrected chi connectivity index (χ1v) is 10.2. The largest absolute Gasteiger partial charge is 0.396 e. The lowest BCUT2D eigenvalue weighted by Crippen LogP contribution is -2.41. The topological polar surface area (TPSA) is 96.1 Å². The zero-order valence-corrected chi connectivity index (χ0v) is 16.8. The second kappa shape index (κ2) is 9.94. The molecule has 144 valence electrons. The number of thiazole rings is 1. The van der Waals surface area contributed by atoms with E-state index in [0.717, 1.165) is 40.4 Å². The summed E-state index contributed by atoms with van der Waals surface area (Å²) in [4.78, 5) is 9.59. The molecule has 0 saturated heterocycles. The van der Waals surface area contributed by atoms with Gasteiger partial charge in [-0.2, -0.15) is 4.57 Å². The number of aliphatic hydroxyl groups is 2. The molecule has 2 rings (SSSR count). The fraction of sp³-hybridized carbons (Fsp3) is 0.632. The summed E-state index contributed by atoms with van der Waals surface area (Å²) >= 11 is 1.58. The quantitative estimate of drug-likeness (QED) is 0.436. The van der Waals surface area contributed by atoms with Gasteiger partial charge >= 0.3 is 0 Å². The van der Waals surface area contributed by atoms with E-state index in [9.17, 15) is 10.2 Å². The van der Waals surface area contributed by atoms with Crippen LogP contribution in [0.1, 0.15) is 72.1 Å². The van der Waals surface area contributed by atoms with E-state index in [1.807, 2.05) is 13.8 Å². The predicted octanol–water partition coefficient (Wildman–Crippen LogP) is 2.61. The number of nitrogens with two attached hydrogens (primary N) is 1. The highest BCUT2D eigenvalue weighted by molar-refractivity contribution is 7.11. The van der Waals surface area contributed by atoms with Crippen LogP contribution >= 0.6 is 11.3 Å². The van der Waals surface area contributed by atoms with Gasteiger partial charge in [-0.3, -0.25) is 0 Å². The molecule has 26 heavy (non-hydrogen) atoms. The Bertz CT molecular complexity index is 718. The van der Waals surface area contributed by atoms with E-state index in [0.29, 0.717) is 24.6 Å². The van der Waals surface area contributed by atoms with Gasteiger partial charge in [-0.25, -0.2) is 9.97 Å². The van der Waals surface area contributed by atoms with Gasteiger partial charge in [0.25, 0.3) is 5.01 Å². The number of aliphatic hydroxyl groups excluding tert-OH is 2. The summed E-state index contributed by atoms with van der Waals surface area (Å²) in [7, 11) is 0. The normalized spacial score (nSPS) is 12.5. The first kappa shape index (κ1) is 20.7. The summed E-state index contributed by atoms with van der Waals surface area (Å²) < 4.78 is 2.10. The Morgan fingerprint density at radius 2 is 2.04 bits per heavy atom. The number of anilines is 1. The van der Waals surface area contributed by atoms with E-state index in [2.05, 4.69) is 21.5 Å². The Morgan fingerprint density at radius 1 is 1.27 bits per heavy atom. The molecule has 6 nitrogen and oxygen atoms in total. The van der Waals surface area contributed by atoms with E-state index in [1.54, 1.807) is 17.5 Å². The van der Waals surface area contributed by atoms with E-state index >= 15 is 0 Å². The van der Waals surface area contributed by atoms with Crippen molar-refractivity contribution >= 4 is 17.2 Å². The molecular weight excluding hydrogens is 348 g/mol. The van der Waals surface area contributed by atoms with Crippen molar-refractivity contribution in [2.24, 2.45) is 0 Å². The lowest BCUT2D eigenvalue weighted by molar-refractivity contribution is -0.700. The Hall–Kier alpha value is -1.57. The number of aromatic nitrogens is 3. The Morgan fingerprint density at radius 3 is 2.69 bits per heavy atom. The third-order valence-electron chi connectivity index (χ3n) is 4.60. The molecule has 0 fully saturated rings. The Kier molecular flexibility index (Phi) is 7.93. The molecule has 0 saturated carbocycles. The van der Waals surface area contributed by atoms with Crippen molar-refractivity contribution in [2.45, 2.75) is 71.9 Å². The number of aryl methyl sites for hydroxylation is 1. The molecule has 1 atom stereocenters. The summed E-state index contributed by atoms with van der Waals surface area (Å²) in [6.07, 6.45) is 7.13. The minimum atomic E-state index is -0.504. The standard InChI is InChI=1S/C19H31N4O2S/c1-4-5-6-7-8-16(25)19-23(13(2)17(26-19)9-10-24)12-15-11-21-14(3)22-18(15)20/h11,16,24-25H,4-10,12H2,1-3H3,(H2,20,21,22)/q+1. The Balaban J connectivity index is 2.27. The second-order valence-corrected chi connectivity index (χ2v) is 7.82. The number of hydrogen-bond acceptors (Lipinski definition) is 6. The summed E-state index contributed by atoms with van der Waals surface area (Å²) in [5.41, 5.74) is 7.97. The van der Waals surface area contributed by atoms with Gasteiger partial charge in [0.1, 0.15) is 17.7 Å². The maximum Gasteiger partial charge on any atom is 0.267 e. The molecule has 0 spiro atoms. The van der Waals surface area contributed by atoms with Gasteiger partial charge in [-0.15, -0.1) is 0 Å². The molecule has 0 aliphatic heterocycles. The van der Waals surface area contributed by atoms with Crippen LogP contribution in [0.2, 0.25) is 0 Å². The number of hydrogen-bond donors (Lipinski definition) is 3. The number of nitrogens with zero attached hydrogens (tertiary/aromatic N) is 3. The molecule has 1 unspecified atom stereocenters. The van der Waals surface area contributed by atoms with E-state index in [4.69, 9.17) is 5.73 Å². The zero-order valence-electron chi connectivity index (χ0n) is 16.0. The highest BCUT2D eigenvalue weighted by Crippen LogP contribution is 2.27. The number of rotatable bonds is 10. The van der Waals surface area contributed by atoms with Crippen molar-refractivity contribution in [1.82, 2.24) is 9.97 Å². The molecule has 0 aliphatic carbocycles. The maximum atomic E-state index is 10.8. The average Bonchev–Trinajstić information content (AvgIpc) is 2.91. The van der Waals surface area contributed by atoms with Crippen molar-refractivity contribution in [3.63, 3.8) is 0 Å². The molecule has 2 aromatic rings. The molecule has 0 amide bonds. The minimum Gasteiger partial charge on any atom is -0.396 e. The molecule has 2 heterocycles. The third-order valence-corrected chi connectivity index (χ3v) is 6.05. The predicted molar refractivity (Wildman–Crippen MR) is 104 cm³/mol. The van der Waals surface area contributed by atoms with Gasteiger partial charge in [0.2, 0.25) is 0 Å². The molecule has 2 aromatic heterocycles. The monoisotopic (exact) mass is 379 g/mol. The second-order valence-electron chi connectivity index (χ2n) is 6.70. The van der Waals surface area contributed by atoms with Gasteiger partial charge < -0.3 is 15.9 Å². The molecular formula is C19H31N4O2S+. The van der Waals surface area contributed by atoms with Crippen LogP contribution in [0.3, 0.4) is 0 Å². The van der Waals surface area contributed by atoms with Crippen LogP contribution < -0.4 is 10.3 Å². The minimum absolute atomic E-state index is 0.100. The van der Waals surface area contributed by atoms with Crippen LogP contribution in [-0.4, -0.2) is 26.8 Å². The zero-order chi connectivity index (χ0) is 19.1. The fourth-order valence-electron chi connectivity index (χ4n) is 3.04. The van der Waals surface area contributed by atoms with Crippen LogP contribution in [-0.2, 0) is 13.0 Å². The molecule has 7 heteroatoms. The first-order valence-electron chi connectivity index (χ1n) is 9.36. The number of nitrogen functional groups attached to an aromatic ring is 1. The van der Waals surface area contributed by atoms with Crippen LogP contribution in [0.25, 0.3) is 0 Å². The van der Waals surface area contributed by atoms with Crippen molar-refractivity contribution in [2.75, 3.05) is 12.3 Å². The number of unbranched alkanes of at least 4 members (excludes halogenated alkanes) is 3. The molecule has 0 aromatic carbocycles. The van der Waals surface area contributed by atoms with Crippen molar-refractivity contribution < 1.29 is 14.8 Å². The van der Waals surface area contributed by atoms with E-state index in [1.165, 1.54) is 12.8 Å². The van der Waals surface area contributed by atoms with Crippen LogP contribution in [0.15, 0.2) is 6.20 Å². The van der Waals surface area contributed by atoms with Gasteiger partial charge in [0, 0.05) is 26.1 Å². The summed E-state index contributed by atoms with van der Waals surface area (Å²) in [6, 6.07) is 0. The molecule has 0 aliphatic rings.